The van der Waals surface area contributed by atoms with Crippen LogP contribution in [0.3, 0.4) is 0 Å². The summed E-state index contributed by atoms with van der Waals surface area (Å²) < 4.78 is 10.7. The van der Waals surface area contributed by atoms with Crippen LogP contribution >= 0.6 is 11.6 Å². The molecule has 0 bridgehead atoms. The summed E-state index contributed by atoms with van der Waals surface area (Å²) in [5, 5.41) is 9.96. The fourth-order valence-corrected chi connectivity index (χ4v) is 2.63. The van der Waals surface area contributed by atoms with Gasteiger partial charge < -0.3 is 19.9 Å². The maximum absolute atomic E-state index is 12.0. The minimum absolute atomic E-state index is 0.0967. The van der Waals surface area contributed by atoms with Crippen LogP contribution in [0.4, 0.5) is 4.79 Å². The largest absolute Gasteiger partial charge is 0.371 e. The molecular formula is C15H17ClN4O3. The minimum atomic E-state index is -0.296. The predicted octanol–water partition coefficient (Wildman–Crippen LogP) is 2.36. The van der Waals surface area contributed by atoms with Crippen molar-refractivity contribution >= 4 is 17.6 Å². The van der Waals surface area contributed by atoms with Crippen LogP contribution in [0.1, 0.15) is 29.8 Å². The third-order valence-corrected chi connectivity index (χ3v) is 3.83. The van der Waals surface area contributed by atoms with Crippen molar-refractivity contribution in [3.8, 4) is 0 Å². The number of aromatic nitrogens is 2. The van der Waals surface area contributed by atoms with Gasteiger partial charge in [-0.3, -0.25) is 0 Å². The lowest BCUT2D eigenvalue weighted by molar-refractivity contribution is 0.0999. The second-order valence-corrected chi connectivity index (χ2v) is 5.74. The number of rotatable bonds is 4. The van der Waals surface area contributed by atoms with E-state index in [9.17, 15) is 4.79 Å². The zero-order valence-electron chi connectivity index (χ0n) is 12.6. The van der Waals surface area contributed by atoms with Crippen LogP contribution < -0.4 is 10.6 Å². The molecule has 0 radical (unpaired) electrons. The van der Waals surface area contributed by atoms with Gasteiger partial charge in [-0.15, -0.1) is 0 Å². The molecule has 0 unspecified atom stereocenters. The summed E-state index contributed by atoms with van der Waals surface area (Å²) >= 11 is 5.90. The van der Waals surface area contributed by atoms with Gasteiger partial charge in [0.2, 0.25) is 5.89 Å². The van der Waals surface area contributed by atoms with Gasteiger partial charge in [0.15, 0.2) is 5.82 Å². The fraction of sp³-hybridized carbons (Fsp3) is 0.400. The van der Waals surface area contributed by atoms with Crippen molar-refractivity contribution in [2.75, 3.05) is 6.61 Å². The molecule has 1 aliphatic rings. The van der Waals surface area contributed by atoms with E-state index in [1.54, 1.807) is 6.92 Å². The molecule has 2 aromatic rings. The standard InChI is InChI=1S/C15H17ClN4O3/c1-9-18-13(23-20-9)8-17-15(21)19-12-6-7-22-14(12)10-2-4-11(16)5-3-10/h2-5,12,14H,6-8H2,1H3,(H2,17,19,21)/t12-,14+/m1/s1. The molecular weight excluding hydrogens is 320 g/mol. The topological polar surface area (TPSA) is 89.3 Å². The predicted molar refractivity (Wildman–Crippen MR) is 83.0 cm³/mol. The number of benzene rings is 1. The molecule has 1 fully saturated rings. The molecule has 2 amide bonds. The first-order valence-electron chi connectivity index (χ1n) is 7.32. The molecule has 2 N–H and O–H groups in total. The molecule has 1 aromatic heterocycles. The van der Waals surface area contributed by atoms with E-state index < -0.39 is 0 Å². The number of hydrogen-bond donors (Lipinski definition) is 2. The number of carbonyl (C=O) groups is 1. The number of halogens is 1. The number of nitrogens with one attached hydrogen (secondary N) is 2. The van der Waals surface area contributed by atoms with E-state index in [0.29, 0.717) is 23.3 Å². The quantitative estimate of drug-likeness (QED) is 0.894. The second-order valence-electron chi connectivity index (χ2n) is 5.30. The maximum Gasteiger partial charge on any atom is 0.315 e. The Hall–Kier alpha value is -2.12. The molecule has 0 saturated carbocycles. The van der Waals surface area contributed by atoms with Gasteiger partial charge in [-0.05, 0) is 31.0 Å². The highest BCUT2D eigenvalue weighted by Gasteiger charge is 2.30. The van der Waals surface area contributed by atoms with Crippen LogP contribution in [0.2, 0.25) is 5.02 Å². The number of ether oxygens (including phenoxy) is 1. The third kappa shape index (κ3) is 4.00. The maximum atomic E-state index is 12.0. The summed E-state index contributed by atoms with van der Waals surface area (Å²) in [6, 6.07) is 7.05. The van der Waals surface area contributed by atoms with Gasteiger partial charge in [0.25, 0.3) is 0 Å². The summed E-state index contributed by atoms with van der Waals surface area (Å²) in [4.78, 5) is 16.0. The summed E-state index contributed by atoms with van der Waals surface area (Å²) in [5.74, 6) is 0.906. The summed E-state index contributed by atoms with van der Waals surface area (Å²) in [6.45, 7) is 2.51. The van der Waals surface area contributed by atoms with Crippen LogP contribution in [0.5, 0.6) is 0 Å². The van der Waals surface area contributed by atoms with Gasteiger partial charge in [-0.1, -0.05) is 28.9 Å². The average molecular weight is 337 g/mol. The molecule has 122 valence electrons. The molecule has 8 heteroatoms. The van der Waals surface area contributed by atoms with E-state index in [1.165, 1.54) is 0 Å². The normalized spacial score (nSPS) is 20.4. The Morgan fingerprint density at radius 2 is 2.17 bits per heavy atom. The van der Waals surface area contributed by atoms with Crippen molar-refractivity contribution in [3.05, 3.63) is 46.6 Å². The Morgan fingerprint density at radius 1 is 1.39 bits per heavy atom. The zero-order chi connectivity index (χ0) is 16.2. The van der Waals surface area contributed by atoms with Crippen molar-refractivity contribution in [1.29, 1.82) is 0 Å². The summed E-state index contributed by atoms with van der Waals surface area (Å²) in [5.41, 5.74) is 0.990. The van der Waals surface area contributed by atoms with Crippen LogP contribution in [-0.4, -0.2) is 28.8 Å². The molecule has 1 aromatic carbocycles. The highest BCUT2D eigenvalue weighted by molar-refractivity contribution is 6.30. The first-order valence-corrected chi connectivity index (χ1v) is 7.70. The van der Waals surface area contributed by atoms with Crippen molar-refractivity contribution < 1.29 is 14.1 Å². The van der Waals surface area contributed by atoms with E-state index in [-0.39, 0.29) is 24.7 Å². The van der Waals surface area contributed by atoms with Gasteiger partial charge in [0.05, 0.1) is 12.6 Å². The number of urea groups is 1. The first kappa shape index (κ1) is 15.8. The molecule has 3 rings (SSSR count). The number of hydrogen-bond acceptors (Lipinski definition) is 5. The van der Waals surface area contributed by atoms with Gasteiger partial charge in [0, 0.05) is 11.6 Å². The van der Waals surface area contributed by atoms with Crippen molar-refractivity contribution in [2.24, 2.45) is 0 Å². The molecule has 2 heterocycles. The highest BCUT2D eigenvalue weighted by atomic mass is 35.5. The Bertz CT molecular complexity index is 674. The lowest BCUT2D eigenvalue weighted by atomic mass is 10.0. The Labute approximate surface area is 138 Å². The van der Waals surface area contributed by atoms with Crippen molar-refractivity contribution in [1.82, 2.24) is 20.8 Å². The van der Waals surface area contributed by atoms with E-state index >= 15 is 0 Å². The van der Waals surface area contributed by atoms with Gasteiger partial charge in [0.1, 0.15) is 6.10 Å². The molecule has 1 aliphatic heterocycles. The van der Waals surface area contributed by atoms with E-state index in [0.717, 1.165) is 12.0 Å². The van der Waals surface area contributed by atoms with Crippen LogP contribution in [0, 0.1) is 6.92 Å². The lowest BCUT2D eigenvalue weighted by Gasteiger charge is -2.20. The molecule has 7 nitrogen and oxygen atoms in total. The SMILES string of the molecule is Cc1noc(CNC(=O)N[C@@H]2CCO[C@H]2c2ccc(Cl)cc2)n1. The molecule has 1 saturated heterocycles. The third-order valence-electron chi connectivity index (χ3n) is 3.58. The smallest absolute Gasteiger partial charge is 0.315 e. The number of carbonyl (C=O) groups excluding carboxylic acids is 1. The Morgan fingerprint density at radius 3 is 2.87 bits per heavy atom. The lowest BCUT2D eigenvalue weighted by Crippen LogP contribution is -2.43. The average Bonchev–Trinajstić information content (AvgIpc) is 3.15. The van der Waals surface area contributed by atoms with Crippen LogP contribution in [-0.2, 0) is 11.3 Å². The van der Waals surface area contributed by atoms with Crippen LogP contribution in [0.25, 0.3) is 0 Å². The van der Waals surface area contributed by atoms with E-state index in [2.05, 4.69) is 20.8 Å². The first-order chi connectivity index (χ1) is 11.1. The molecule has 0 spiro atoms. The second kappa shape index (κ2) is 6.97. The summed E-state index contributed by atoms with van der Waals surface area (Å²) in [6.07, 6.45) is 0.573. The number of amides is 2. The van der Waals surface area contributed by atoms with Crippen LogP contribution in [0.15, 0.2) is 28.8 Å². The summed E-state index contributed by atoms with van der Waals surface area (Å²) in [7, 11) is 0. The van der Waals surface area contributed by atoms with Crippen molar-refractivity contribution in [3.63, 3.8) is 0 Å². The highest BCUT2D eigenvalue weighted by Crippen LogP contribution is 2.29. The van der Waals surface area contributed by atoms with E-state index in [1.807, 2.05) is 24.3 Å². The Balaban J connectivity index is 1.55. The van der Waals surface area contributed by atoms with Gasteiger partial charge >= 0.3 is 6.03 Å². The molecule has 2 atom stereocenters. The van der Waals surface area contributed by atoms with Gasteiger partial charge in [-0.25, -0.2) is 4.79 Å². The van der Waals surface area contributed by atoms with E-state index in [4.69, 9.17) is 20.9 Å². The van der Waals surface area contributed by atoms with Crippen molar-refractivity contribution in [2.45, 2.75) is 32.0 Å². The molecule has 23 heavy (non-hydrogen) atoms. The molecule has 0 aliphatic carbocycles. The Kier molecular flexibility index (Phi) is 4.78. The number of aryl methyl sites for hydroxylation is 1. The zero-order valence-corrected chi connectivity index (χ0v) is 13.3. The minimum Gasteiger partial charge on any atom is -0.371 e. The fourth-order valence-electron chi connectivity index (χ4n) is 2.51. The number of nitrogens with zero attached hydrogens (tertiary/aromatic N) is 2. The van der Waals surface area contributed by atoms with Gasteiger partial charge in [-0.2, -0.15) is 4.98 Å². The monoisotopic (exact) mass is 336 g/mol.